The number of halogens is 2. The van der Waals surface area contributed by atoms with Crippen LogP contribution in [0, 0.1) is 0 Å². The first-order valence-corrected chi connectivity index (χ1v) is 15.9. The number of amides is 2. The van der Waals surface area contributed by atoms with E-state index in [2.05, 4.69) is 21.2 Å². The summed E-state index contributed by atoms with van der Waals surface area (Å²) in [5, 5.41) is 3.28. The number of rotatable bonds is 11. The lowest BCUT2D eigenvalue weighted by molar-refractivity contribution is -0.140. The zero-order chi connectivity index (χ0) is 30.4. The number of ether oxygens (including phenoxy) is 1. The highest BCUT2D eigenvalue weighted by Gasteiger charge is 2.35. The normalized spacial score (nSPS) is 12.4. The van der Waals surface area contributed by atoms with Crippen LogP contribution >= 0.6 is 27.5 Å². The van der Waals surface area contributed by atoms with Crippen LogP contribution in [0.15, 0.2) is 77.3 Å². The van der Waals surface area contributed by atoms with Crippen LogP contribution in [0.25, 0.3) is 0 Å². The molecule has 3 aromatic carbocycles. The molecule has 0 spiro atoms. The Hall–Kier alpha value is -3.08. The molecule has 11 heteroatoms. The summed E-state index contributed by atoms with van der Waals surface area (Å²) < 4.78 is 33.2. The fourth-order valence-corrected chi connectivity index (χ4v) is 5.75. The molecular formula is C30H35BrClN3O5S. The second kappa shape index (κ2) is 13.7. The van der Waals surface area contributed by atoms with Gasteiger partial charge in [0.2, 0.25) is 21.8 Å². The van der Waals surface area contributed by atoms with E-state index in [0.29, 0.717) is 0 Å². The topological polar surface area (TPSA) is 96.0 Å². The van der Waals surface area contributed by atoms with Crippen LogP contribution in [-0.4, -0.2) is 56.6 Å². The summed E-state index contributed by atoms with van der Waals surface area (Å²) in [5.74, 6) is -0.684. The number of methoxy groups -OCH3 is 1. The van der Waals surface area contributed by atoms with Gasteiger partial charge in [0.15, 0.2) is 0 Å². The maximum atomic E-state index is 14.2. The van der Waals surface area contributed by atoms with Gasteiger partial charge in [0.25, 0.3) is 0 Å². The number of benzene rings is 3. The lowest BCUT2D eigenvalue weighted by Gasteiger charge is -2.35. The molecule has 3 aromatic rings. The van der Waals surface area contributed by atoms with Crippen LogP contribution in [0.1, 0.15) is 31.9 Å². The number of sulfonamides is 1. The van der Waals surface area contributed by atoms with Crippen molar-refractivity contribution in [2.45, 2.75) is 45.3 Å². The summed E-state index contributed by atoms with van der Waals surface area (Å²) in [4.78, 5) is 29.4. The van der Waals surface area contributed by atoms with E-state index in [4.69, 9.17) is 16.3 Å². The highest BCUT2D eigenvalue weighted by atomic mass is 79.9. The van der Waals surface area contributed by atoms with E-state index >= 15 is 0 Å². The molecule has 0 aromatic heterocycles. The van der Waals surface area contributed by atoms with Crippen molar-refractivity contribution in [2.75, 3.05) is 24.2 Å². The summed E-state index contributed by atoms with van der Waals surface area (Å²) in [6, 6.07) is 20.4. The van der Waals surface area contributed by atoms with E-state index in [9.17, 15) is 18.0 Å². The number of hydrogen-bond donors (Lipinski definition) is 1. The Morgan fingerprint density at radius 2 is 1.66 bits per heavy atom. The summed E-state index contributed by atoms with van der Waals surface area (Å²) >= 11 is 9.67. The zero-order valence-electron chi connectivity index (χ0n) is 23.7. The van der Waals surface area contributed by atoms with Gasteiger partial charge in [0.05, 0.1) is 19.1 Å². The molecule has 3 rings (SSSR count). The molecule has 0 heterocycles. The van der Waals surface area contributed by atoms with E-state index in [1.165, 1.54) is 24.1 Å². The van der Waals surface area contributed by atoms with E-state index in [1.807, 2.05) is 75.4 Å². The molecule has 0 bridgehead atoms. The zero-order valence-corrected chi connectivity index (χ0v) is 26.9. The number of carbonyl (C=O) groups is 2. The van der Waals surface area contributed by atoms with Gasteiger partial charge in [-0.15, -0.1) is 0 Å². The van der Waals surface area contributed by atoms with Crippen molar-refractivity contribution in [3.8, 4) is 5.75 Å². The predicted molar refractivity (Wildman–Crippen MR) is 167 cm³/mol. The molecule has 220 valence electrons. The molecule has 0 radical (unpaired) electrons. The molecule has 8 nitrogen and oxygen atoms in total. The largest absolute Gasteiger partial charge is 0.495 e. The van der Waals surface area contributed by atoms with Crippen LogP contribution in [0.4, 0.5) is 5.69 Å². The molecule has 2 amide bonds. The second-order valence-corrected chi connectivity index (χ2v) is 13.9. The van der Waals surface area contributed by atoms with Crippen molar-refractivity contribution in [3.05, 3.63) is 93.4 Å². The molecule has 0 aliphatic carbocycles. The van der Waals surface area contributed by atoms with E-state index in [-0.39, 0.29) is 35.3 Å². The molecule has 1 N–H and O–H groups in total. The van der Waals surface area contributed by atoms with Gasteiger partial charge >= 0.3 is 0 Å². The van der Waals surface area contributed by atoms with Crippen molar-refractivity contribution >= 4 is 55.1 Å². The summed E-state index contributed by atoms with van der Waals surface area (Å²) in [6.07, 6.45) is 1.23. The maximum absolute atomic E-state index is 14.2. The summed E-state index contributed by atoms with van der Waals surface area (Å²) in [7, 11) is -2.57. The van der Waals surface area contributed by atoms with Crippen molar-refractivity contribution < 1.29 is 22.7 Å². The van der Waals surface area contributed by atoms with Gasteiger partial charge in [0.1, 0.15) is 18.3 Å². The number of carbonyl (C=O) groups excluding carboxylic acids is 2. The average molecular weight is 665 g/mol. The van der Waals surface area contributed by atoms with Crippen molar-refractivity contribution in [1.29, 1.82) is 0 Å². The van der Waals surface area contributed by atoms with Crippen molar-refractivity contribution in [1.82, 2.24) is 10.2 Å². The first kappa shape index (κ1) is 32.4. The van der Waals surface area contributed by atoms with E-state index in [1.54, 1.807) is 6.07 Å². The lowest BCUT2D eigenvalue weighted by Crippen LogP contribution is -2.56. The van der Waals surface area contributed by atoms with Crippen molar-refractivity contribution in [2.24, 2.45) is 0 Å². The Kier molecular flexibility index (Phi) is 10.9. The Morgan fingerprint density at radius 3 is 2.24 bits per heavy atom. The van der Waals surface area contributed by atoms with Gasteiger partial charge in [-0.2, -0.15) is 0 Å². The van der Waals surface area contributed by atoms with Gasteiger partial charge in [-0.3, -0.25) is 13.9 Å². The predicted octanol–water partition coefficient (Wildman–Crippen LogP) is 5.43. The standard InChI is InChI=1S/C30H35BrClN3O5S/c1-30(2,3)33-29(37)26(17-21-10-7-6-8-11-21)34(19-22-12-9-13-23(31)16-22)28(36)20-35(41(5,38)39)25-18-24(32)14-15-27(25)40-4/h6-16,18,26H,17,19-20H2,1-5H3,(H,33,37)/t26-/m0/s1. The van der Waals surface area contributed by atoms with Crippen LogP contribution in [0.3, 0.4) is 0 Å². The first-order chi connectivity index (χ1) is 19.2. The highest BCUT2D eigenvalue weighted by Crippen LogP contribution is 2.33. The fourth-order valence-electron chi connectivity index (χ4n) is 4.29. The molecule has 0 aliphatic heterocycles. The Morgan fingerprint density at radius 1 is 1.00 bits per heavy atom. The SMILES string of the molecule is COc1ccc(Cl)cc1N(CC(=O)N(Cc1cccc(Br)c1)[C@@H](Cc1ccccc1)C(=O)NC(C)(C)C)S(C)(=O)=O. The Bertz CT molecular complexity index is 1480. The third-order valence-electron chi connectivity index (χ3n) is 6.10. The molecule has 0 fully saturated rings. The number of anilines is 1. The molecular weight excluding hydrogens is 630 g/mol. The van der Waals surface area contributed by atoms with E-state index < -0.39 is 34.1 Å². The first-order valence-electron chi connectivity index (χ1n) is 12.9. The maximum Gasteiger partial charge on any atom is 0.244 e. The molecule has 0 aliphatic rings. The highest BCUT2D eigenvalue weighted by molar-refractivity contribution is 9.10. The molecule has 0 saturated carbocycles. The average Bonchev–Trinajstić information content (AvgIpc) is 2.88. The number of nitrogens with one attached hydrogen (secondary N) is 1. The van der Waals surface area contributed by atoms with Gasteiger partial charge in [0, 0.05) is 28.0 Å². The van der Waals surface area contributed by atoms with Gasteiger partial charge in [-0.1, -0.05) is 70.0 Å². The van der Waals surface area contributed by atoms with Gasteiger partial charge in [-0.25, -0.2) is 8.42 Å². The minimum absolute atomic E-state index is 0.0671. The second-order valence-electron chi connectivity index (χ2n) is 10.7. The monoisotopic (exact) mass is 663 g/mol. The van der Waals surface area contributed by atoms with Crippen molar-refractivity contribution in [3.63, 3.8) is 0 Å². The molecule has 0 saturated heterocycles. The Balaban J connectivity index is 2.12. The smallest absolute Gasteiger partial charge is 0.244 e. The van der Waals surface area contributed by atoms with Crippen LogP contribution in [-0.2, 0) is 32.6 Å². The minimum Gasteiger partial charge on any atom is -0.495 e. The molecule has 1 atom stereocenters. The molecule has 0 unspecified atom stereocenters. The van der Waals surface area contributed by atoms with Crippen LogP contribution < -0.4 is 14.4 Å². The number of nitrogens with zero attached hydrogens (tertiary/aromatic N) is 2. The summed E-state index contributed by atoms with van der Waals surface area (Å²) in [5.41, 5.74) is 1.17. The molecule has 41 heavy (non-hydrogen) atoms. The Labute approximate surface area is 255 Å². The van der Waals surface area contributed by atoms with Gasteiger partial charge < -0.3 is 15.0 Å². The van der Waals surface area contributed by atoms with Crippen LogP contribution in [0.5, 0.6) is 5.75 Å². The van der Waals surface area contributed by atoms with Crippen LogP contribution in [0.2, 0.25) is 5.02 Å². The fraction of sp³-hybridized carbons (Fsp3) is 0.333. The third-order valence-corrected chi connectivity index (χ3v) is 7.95. The third kappa shape index (κ3) is 9.48. The van der Waals surface area contributed by atoms with E-state index in [0.717, 1.165) is 26.2 Å². The quantitative estimate of drug-likeness (QED) is 0.295. The number of hydrogen-bond acceptors (Lipinski definition) is 5. The van der Waals surface area contributed by atoms with Gasteiger partial charge in [-0.05, 0) is 62.2 Å². The minimum atomic E-state index is -3.97. The summed E-state index contributed by atoms with van der Waals surface area (Å²) in [6.45, 7) is 5.08. The lowest BCUT2D eigenvalue weighted by atomic mass is 10.0.